The topological polar surface area (TPSA) is 0 Å². The Morgan fingerprint density at radius 2 is 0.619 bits per heavy atom. The second-order valence-corrected chi connectivity index (χ2v) is 10.4. The summed E-state index contributed by atoms with van der Waals surface area (Å²) in [5.74, 6) is 15.8. The molecule has 0 saturated heterocycles. The second-order valence-electron chi connectivity index (χ2n) is 10.4. The van der Waals surface area contributed by atoms with Crippen molar-refractivity contribution in [2.24, 2.45) is 82.9 Å². The van der Waals surface area contributed by atoms with Gasteiger partial charge >= 0.3 is 0 Å². The van der Waals surface area contributed by atoms with Crippen LogP contribution >= 0.6 is 0 Å². The fraction of sp³-hybridized carbons (Fsp3) is 1.00. The Morgan fingerprint density at radius 1 is 0.381 bits per heavy atom. The zero-order valence-corrected chi connectivity index (χ0v) is 14.2. The van der Waals surface area contributed by atoms with Crippen LogP contribution in [0.5, 0.6) is 0 Å². The number of hydrogen-bond acceptors (Lipinski definition) is 0. The summed E-state index contributed by atoms with van der Waals surface area (Å²) in [6.45, 7) is 10.4. The quantitative estimate of drug-likeness (QED) is 0.552. The van der Waals surface area contributed by atoms with Crippen LogP contribution in [-0.4, -0.2) is 0 Å². The van der Waals surface area contributed by atoms with Gasteiger partial charge in [0, 0.05) is 0 Å². The molecule has 21 heavy (non-hydrogen) atoms. The Morgan fingerprint density at radius 3 is 0.905 bits per heavy atom. The molecule has 12 unspecified atom stereocenters. The third kappa shape index (κ3) is 1.12. The van der Waals surface area contributed by atoms with Gasteiger partial charge in [0.25, 0.3) is 0 Å². The maximum atomic E-state index is 2.60. The van der Waals surface area contributed by atoms with Crippen LogP contribution in [0.15, 0.2) is 0 Å². The van der Waals surface area contributed by atoms with Crippen LogP contribution in [-0.2, 0) is 0 Å². The fourth-order valence-corrected chi connectivity index (χ4v) is 10.1. The molecule has 0 radical (unpaired) electrons. The van der Waals surface area contributed by atoms with Crippen LogP contribution < -0.4 is 0 Å². The lowest BCUT2D eigenvalue weighted by atomic mass is 9.55. The summed E-state index contributed by atoms with van der Waals surface area (Å²) < 4.78 is 0. The highest BCUT2D eigenvalue weighted by Crippen LogP contribution is 2.78. The highest BCUT2D eigenvalue weighted by Gasteiger charge is 2.73. The van der Waals surface area contributed by atoms with E-state index >= 15 is 0 Å². The Balaban J connectivity index is 1.41. The molecule has 6 aliphatic rings. The van der Waals surface area contributed by atoms with Gasteiger partial charge in [0.1, 0.15) is 0 Å². The minimum Gasteiger partial charge on any atom is -0.0620 e. The summed E-state index contributed by atoms with van der Waals surface area (Å²) in [4.78, 5) is 0. The second kappa shape index (κ2) is 3.57. The maximum Gasteiger partial charge on any atom is -0.0318 e. The van der Waals surface area contributed by atoms with Crippen molar-refractivity contribution in [1.29, 1.82) is 0 Å². The van der Waals surface area contributed by atoms with E-state index in [1.807, 2.05) is 0 Å². The number of fused-ring (bicyclic) bond motifs is 16. The van der Waals surface area contributed by atoms with Gasteiger partial charge in [0.15, 0.2) is 0 Å². The molecule has 0 aromatic rings. The molecule has 0 aromatic heterocycles. The lowest BCUT2D eigenvalue weighted by molar-refractivity contribution is -0.0303. The molecule has 0 heterocycles. The molecule has 116 valence electrons. The van der Waals surface area contributed by atoms with Gasteiger partial charge in [-0.2, -0.15) is 0 Å². The molecule has 6 saturated carbocycles. The first kappa shape index (κ1) is 12.4. The van der Waals surface area contributed by atoms with E-state index in [1.54, 1.807) is 19.3 Å². The average molecular weight is 284 g/mol. The Labute approximate surface area is 130 Å². The highest BCUT2D eigenvalue weighted by atomic mass is 14.8. The highest BCUT2D eigenvalue weighted by molar-refractivity contribution is 5.21. The first-order valence-electron chi connectivity index (χ1n) is 10.1. The van der Waals surface area contributed by atoms with E-state index in [0.29, 0.717) is 0 Å². The van der Waals surface area contributed by atoms with Gasteiger partial charge in [0.2, 0.25) is 0 Å². The van der Waals surface area contributed by atoms with Gasteiger partial charge in [-0.1, -0.05) is 27.7 Å². The predicted octanol–water partition coefficient (Wildman–Crippen LogP) is 4.94. The lowest BCUT2D eigenvalue weighted by Crippen LogP contribution is -2.46. The van der Waals surface area contributed by atoms with Crippen molar-refractivity contribution in [2.75, 3.05) is 0 Å². The van der Waals surface area contributed by atoms with Crippen LogP contribution in [0.2, 0.25) is 0 Å². The van der Waals surface area contributed by atoms with E-state index in [-0.39, 0.29) is 0 Å². The van der Waals surface area contributed by atoms with E-state index in [2.05, 4.69) is 27.7 Å². The lowest BCUT2D eigenvalue weighted by Gasteiger charge is -2.50. The summed E-state index contributed by atoms with van der Waals surface area (Å²) in [5, 5.41) is 0. The summed E-state index contributed by atoms with van der Waals surface area (Å²) in [6, 6.07) is 0. The average Bonchev–Trinajstić information content (AvgIpc) is 3.20. The summed E-state index contributed by atoms with van der Waals surface area (Å²) in [5.41, 5.74) is 0. The molecular formula is C21H32. The van der Waals surface area contributed by atoms with Gasteiger partial charge in [-0.05, 0) is 102 Å². The molecule has 0 aliphatic heterocycles. The molecule has 0 amide bonds. The molecule has 0 nitrogen and oxygen atoms in total. The molecule has 6 rings (SSSR count). The molecule has 0 heteroatoms. The largest absolute Gasteiger partial charge is 0.0620 e. The van der Waals surface area contributed by atoms with Crippen LogP contribution in [0.3, 0.4) is 0 Å². The molecule has 0 aromatic carbocycles. The van der Waals surface area contributed by atoms with Gasteiger partial charge < -0.3 is 0 Å². The maximum absolute atomic E-state index is 2.60. The molecule has 0 spiro atoms. The first-order valence-corrected chi connectivity index (χ1v) is 10.1. The van der Waals surface area contributed by atoms with Crippen LogP contribution in [0, 0.1) is 82.9 Å². The zero-order valence-electron chi connectivity index (χ0n) is 14.2. The van der Waals surface area contributed by atoms with E-state index in [0.717, 1.165) is 47.3 Å². The third-order valence-corrected chi connectivity index (χ3v) is 10.8. The van der Waals surface area contributed by atoms with E-state index in [9.17, 15) is 0 Å². The third-order valence-electron chi connectivity index (χ3n) is 10.8. The smallest absolute Gasteiger partial charge is 0.0318 e. The van der Waals surface area contributed by atoms with Crippen molar-refractivity contribution >= 4 is 0 Å². The van der Waals surface area contributed by atoms with Gasteiger partial charge in [-0.25, -0.2) is 0 Å². The van der Waals surface area contributed by atoms with E-state index in [4.69, 9.17) is 0 Å². The number of rotatable bonds is 0. The zero-order chi connectivity index (χ0) is 14.2. The van der Waals surface area contributed by atoms with E-state index < -0.39 is 0 Å². The molecule has 12 atom stereocenters. The Kier molecular flexibility index (Phi) is 2.11. The number of hydrogen-bond donors (Lipinski definition) is 0. The van der Waals surface area contributed by atoms with Crippen molar-refractivity contribution in [3.8, 4) is 0 Å². The SMILES string of the molecule is CC1C(C)C2CC1C1C3CC(C21)C1C2CC(C(C)C2C)C31. The van der Waals surface area contributed by atoms with Gasteiger partial charge in [-0.15, -0.1) is 0 Å². The molecule has 6 fully saturated rings. The summed E-state index contributed by atoms with van der Waals surface area (Å²) in [6.07, 6.45) is 4.93. The minimum atomic E-state index is 1.05. The Hall–Kier alpha value is 0. The summed E-state index contributed by atoms with van der Waals surface area (Å²) in [7, 11) is 0. The molecule has 6 bridgehead atoms. The van der Waals surface area contributed by atoms with Crippen molar-refractivity contribution < 1.29 is 0 Å². The van der Waals surface area contributed by atoms with Crippen molar-refractivity contribution in [3.63, 3.8) is 0 Å². The molecule has 6 aliphatic carbocycles. The monoisotopic (exact) mass is 284 g/mol. The van der Waals surface area contributed by atoms with Crippen molar-refractivity contribution in [3.05, 3.63) is 0 Å². The Bertz CT molecular complexity index is 410. The van der Waals surface area contributed by atoms with Crippen LogP contribution in [0.4, 0.5) is 0 Å². The standard InChI is InChI=1S/C21H32/c1-8-9(2)13-5-12(8)18-16-7-17(19(13)18)21-15-6-14(20(16)21)10(3)11(15)4/h8-21H,5-7H2,1-4H3. The van der Waals surface area contributed by atoms with Crippen molar-refractivity contribution in [1.82, 2.24) is 0 Å². The fourth-order valence-electron chi connectivity index (χ4n) is 10.1. The van der Waals surface area contributed by atoms with Crippen LogP contribution in [0.1, 0.15) is 47.0 Å². The van der Waals surface area contributed by atoms with E-state index in [1.165, 1.54) is 35.5 Å². The molecule has 0 N–H and O–H groups in total. The first-order chi connectivity index (χ1) is 10.1. The normalized spacial score (nSPS) is 76.0. The van der Waals surface area contributed by atoms with Gasteiger partial charge in [-0.3, -0.25) is 0 Å². The predicted molar refractivity (Wildman–Crippen MR) is 85.4 cm³/mol. The summed E-state index contributed by atoms with van der Waals surface area (Å²) >= 11 is 0. The minimum absolute atomic E-state index is 1.05. The van der Waals surface area contributed by atoms with Crippen LogP contribution in [0.25, 0.3) is 0 Å². The van der Waals surface area contributed by atoms with Gasteiger partial charge in [0.05, 0.1) is 0 Å². The van der Waals surface area contributed by atoms with Crippen molar-refractivity contribution in [2.45, 2.75) is 47.0 Å². The molecular weight excluding hydrogens is 252 g/mol.